The Morgan fingerprint density at radius 1 is 1.26 bits per heavy atom. The molecule has 0 unspecified atom stereocenters. The van der Waals surface area contributed by atoms with Gasteiger partial charge >= 0.3 is 0 Å². The largest absolute Gasteiger partial charge is 0.334 e. The lowest BCUT2D eigenvalue weighted by Crippen LogP contribution is -2.29. The average Bonchev–Trinajstić information content (AvgIpc) is 2.77. The van der Waals surface area contributed by atoms with Crippen molar-refractivity contribution in [2.24, 2.45) is 4.99 Å². The van der Waals surface area contributed by atoms with E-state index in [4.69, 9.17) is 16.6 Å². The Balaban J connectivity index is 1.75. The van der Waals surface area contributed by atoms with E-state index in [1.807, 2.05) is 23.9 Å². The number of aryl methyl sites for hydroxylation is 1. The van der Waals surface area contributed by atoms with Crippen LogP contribution in [0.15, 0.2) is 23.2 Å². The van der Waals surface area contributed by atoms with Crippen LogP contribution in [0.5, 0.6) is 0 Å². The van der Waals surface area contributed by atoms with Crippen LogP contribution in [-0.4, -0.2) is 16.5 Å². The molecule has 1 spiro atoms. The lowest BCUT2D eigenvalue weighted by Gasteiger charge is -2.29. The van der Waals surface area contributed by atoms with Crippen molar-refractivity contribution in [3.63, 3.8) is 0 Å². The van der Waals surface area contributed by atoms with Crippen LogP contribution >= 0.6 is 23.4 Å². The first-order chi connectivity index (χ1) is 9.17. The van der Waals surface area contributed by atoms with Crippen molar-refractivity contribution in [3.8, 4) is 0 Å². The van der Waals surface area contributed by atoms with Gasteiger partial charge in [0.2, 0.25) is 0 Å². The third-order valence-electron chi connectivity index (χ3n) is 3.97. The highest BCUT2D eigenvalue weighted by atomic mass is 35.5. The molecule has 0 atom stereocenters. The Hall–Kier alpha value is -0.670. The molecule has 1 aliphatic carbocycles. The van der Waals surface area contributed by atoms with E-state index in [9.17, 15) is 0 Å². The maximum Gasteiger partial charge on any atom is 0.161 e. The molecule has 4 heteroatoms. The molecule has 0 radical (unpaired) electrons. The van der Waals surface area contributed by atoms with Crippen LogP contribution in [0.25, 0.3) is 0 Å². The van der Waals surface area contributed by atoms with Gasteiger partial charge in [-0.3, -0.25) is 4.99 Å². The Kier molecular flexibility index (Phi) is 3.77. The van der Waals surface area contributed by atoms with Crippen LogP contribution in [-0.2, 0) is 0 Å². The van der Waals surface area contributed by atoms with E-state index in [0.29, 0.717) is 0 Å². The minimum atomic E-state index is 0.211. The van der Waals surface area contributed by atoms with Gasteiger partial charge in [0.15, 0.2) is 5.17 Å². The first-order valence-electron chi connectivity index (χ1n) is 6.93. The lowest BCUT2D eigenvalue weighted by atomic mass is 9.84. The third kappa shape index (κ3) is 2.92. The summed E-state index contributed by atoms with van der Waals surface area (Å²) in [5.41, 5.74) is 2.36. The van der Waals surface area contributed by atoms with Crippen molar-refractivity contribution in [1.29, 1.82) is 0 Å². The van der Waals surface area contributed by atoms with E-state index in [1.165, 1.54) is 37.7 Å². The molecule has 1 saturated carbocycles. The van der Waals surface area contributed by atoms with Gasteiger partial charge < -0.3 is 5.32 Å². The summed E-state index contributed by atoms with van der Waals surface area (Å²) in [7, 11) is 0. The third-order valence-corrected chi connectivity index (χ3v) is 5.43. The van der Waals surface area contributed by atoms with Crippen LogP contribution in [0.1, 0.15) is 37.7 Å². The number of amidine groups is 1. The Bertz CT molecular complexity index is 507. The van der Waals surface area contributed by atoms with Gasteiger partial charge in [-0.25, -0.2) is 0 Å². The Labute approximate surface area is 124 Å². The second-order valence-corrected chi connectivity index (χ2v) is 6.97. The number of anilines is 1. The fourth-order valence-corrected chi connectivity index (χ4v) is 4.33. The molecule has 1 fully saturated rings. The maximum atomic E-state index is 6.26. The average molecular weight is 295 g/mol. The molecule has 0 saturated heterocycles. The molecule has 2 aliphatic rings. The molecular weight excluding hydrogens is 276 g/mol. The number of hydrogen-bond donors (Lipinski definition) is 1. The van der Waals surface area contributed by atoms with Gasteiger partial charge in [0.25, 0.3) is 0 Å². The lowest BCUT2D eigenvalue weighted by molar-refractivity contribution is 0.335. The van der Waals surface area contributed by atoms with Crippen LogP contribution in [0.4, 0.5) is 5.69 Å². The first kappa shape index (κ1) is 13.3. The van der Waals surface area contributed by atoms with Crippen LogP contribution in [0, 0.1) is 6.92 Å². The minimum Gasteiger partial charge on any atom is -0.334 e. The molecule has 1 heterocycles. The number of rotatable bonds is 1. The zero-order chi connectivity index (χ0) is 13.3. The number of nitrogens with zero attached hydrogens (tertiary/aromatic N) is 1. The summed E-state index contributed by atoms with van der Waals surface area (Å²) in [6, 6.07) is 6.10. The van der Waals surface area contributed by atoms with Crippen LogP contribution in [0.2, 0.25) is 5.02 Å². The number of benzene rings is 1. The second-order valence-electron chi connectivity index (χ2n) is 5.60. The molecule has 0 amide bonds. The van der Waals surface area contributed by atoms with Crippen molar-refractivity contribution >= 4 is 34.2 Å². The van der Waals surface area contributed by atoms with E-state index >= 15 is 0 Å². The highest BCUT2D eigenvalue weighted by Gasteiger charge is 2.36. The molecule has 1 N–H and O–H groups in total. The number of hydrogen-bond acceptors (Lipinski definition) is 3. The zero-order valence-corrected chi connectivity index (χ0v) is 12.8. The molecule has 0 bridgehead atoms. The summed E-state index contributed by atoms with van der Waals surface area (Å²) in [5, 5.41) is 5.20. The fourth-order valence-electron chi connectivity index (χ4n) is 2.85. The van der Waals surface area contributed by atoms with Crippen LogP contribution in [0.3, 0.4) is 0 Å². The highest BCUT2D eigenvalue weighted by molar-refractivity contribution is 8.14. The van der Waals surface area contributed by atoms with Gasteiger partial charge in [-0.1, -0.05) is 48.7 Å². The van der Waals surface area contributed by atoms with Gasteiger partial charge in [-0.05, 0) is 37.5 Å². The van der Waals surface area contributed by atoms with E-state index in [2.05, 4.69) is 18.3 Å². The molecule has 19 heavy (non-hydrogen) atoms. The molecular formula is C15H19ClN2S. The number of nitrogens with one attached hydrogen (secondary N) is 1. The monoisotopic (exact) mass is 294 g/mol. The summed E-state index contributed by atoms with van der Waals surface area (Å²) < 4.78 is 0. The molecule has 2 nitrogen and oxygen atoms in total. The number of thioether (sulfide) groups is 1. The molecule has 102 valence electrons. The Morgan fingerprint density at radius 3 is 2.79 bits per heavy atom. The van der Waals surface area contributed by atoms with Crippen molar-refractivity contribution in [2.45, 2.75) is 44.6 Å². The summed E-state index contributed by atoms with van der Waals surface area (Å²) in [5.74, 6) is 1.12. The van der Waals surface area contributed by atoms with E-state index in [-0.39, 0.29) is 5.54 Å². The topological polar surface area (TPSA) is 24.4 Å². The molecule has 1 aliphatic heterocycles. The van der Waals surface area contributed by atoms with Gasteiger partial charge in [0, 0.05) is 5.75 Å². The predicted octanol–water partition coefficient (Wildman–Crippen LogP) is 4.87. The maximum absolute atomic E-state index is 6.26. The Morgan fingerprint density at radius 2 is 2.05 bits per heavy atom. The van der Waals surface area contributed by atoms with E-state index < -0.39 is 0 Å². The van der Waals surface area contributed by atoms with E-state index in [0.717, 1.165) is 21.6 Å². The van der Waals surface area contributed by atoms with Crippen molar-refractivity contribution in [1.82, 2.24) is 0 Å². The molecule has 0 aromatic heterocycles. The van der Waals surface area contributed by atoms with Gasteiger partial charge in [0.1, 0.15) is 0 Å². The minimum absolute atomic E-state index is 0.211. The van der Waals surface area contributed by atoms with Crippen molar-refractivity contribution < 1.29 is 0 Å². The van der Waals surface area contributed by atoms with Crippen molar-refractivity contribution in [2.75, 3.05) is 11.1 Å². The normalized spacial score (nSPS) is 21.5. The van der Waals surface area contributed by atoms with Gasteiger partial charge in [-0.2, -0.15) is 0 Å². The van der Waals surface area contributed by atoms with E-state index in [1.54, 1.807) is 0 Å². The summed E-state index contributed by atoms with van der Waals surface area (Å²) >= 11 is 8.09. The second kappa shape index (κ2) is 5.37. The zero-order valence-electron chi connectivity index (χ0n) is 11.2. The predicted molar refractivity (Wildman–Crippen MR) is 85.5 cm³/mol. The smallest absolute Gasteiger partial charge is 0.161 e. The summed E-state index contributed by atoms with van der Waals surface area (Å²) in [6.07, 6.45) is 6.50. The summed E-state index contributed by atoms with van der Waals surface area (Å²) in [4.78, 5) is 4.95. The van der Waals surface area contributed by atoms with Gasteiger partial charge in [-0.15, -0.1) is 0 Å². The molecule has 1 aromatic carbocycles. The molecule has 1 aromatic rings. The highest BCUT2D eigenvalue weighted by Crippen LogP contribution is 2.40. The number of aliphatic imine (C=N–C) groups is 1. The first-order valence-corrected chi connectivity index (χ1v) is 8.29. The standard InChI is InChI=1S/C15H19ClN2S/c1-11-5-6-13(12(16)9-11)17-14-18-15(10-19-14)7-3-2-4-8-15/h5-6,9H,2-4,7-8,10H2,1H3,(H,17,18). The van der Waals surface area contributed by atoms with Crippen molar-refractivity contribution in [3.05, 3.63) is 28.8 Å². The summed E-state index contributed by atoms with van der Waals surface area (Å²) in [6.45, 7) is 2.05. The van der Waals surface area contributed by atoms with Crippen LogP contribution < -0.4 is 5.32 Å². The number of halogens is 1. The van der Waals surface area contributed by atoms with Gasteiger partial charge in [0.05, 0.1) is 16.2 Å². The quantitative estimate of drug-likeness (QED) is 0.799. The molecule has 3 rings (SSSR count). The fraction of sp³-hybridized carbons (Fsp3) is 0.533. The SMILES string of the molecule is Cc1ccc(NC2=NC3(CCCCC3)CS2)c(Cl)c1.